The molecule has 1 saturated heterocycles. The SMILES string of the molecule is CC[C@@H]1CCCCN1C(=O)c1nn2c(C(F)(F)F)cc(-c3ccccc3)nc2c1Br. The zero-order valence-electron chi connectivity index (χ0n) is 16.3. The molecule has 0 spiro atoms. The molecule has 0 radical (unpaired) electrons. The number of alkyl halides is 3. The van der Waals surface area contributed by atoms with Gasteiger partial charge < -0.3 is 4.90 Å². The Kier molecular flexibility index (Phi) is 5.57. The first-order valence-electron chi connectivity index (χ1n) is 9.84. The van der Waals surface area contributed by atoms with Crippen molar-refractivity contribution in [3.05, 3.63) is 52.3 Å². The average molecular weight is 481 g/mol. The van der Waals surface area contributed by atoms with Gasteiger partial charge in [-0.2, -0.15) is 18.3 Å². The Morgan fingerprint density at radius 3 is 2.63 bits per heavy atom. The predicted octanol–water partition coefficient (Wildman–Crippen LogP) is 5.58. The zero-order valence-corrected chi connectivity index (χ0v) is 17.9. The lowest BCUT2D eigenvalue weighted by Crippen LogP contribution is -2.43. The summed E-state index contributed by atoms with van der Waals surface area (Å²) < 4.78 is 42.4. The largest absolute Gasteiger partial charge is 0.433 e. The summed E-state index contributed by atoms with van der Waals surface area (Å²) in [6, 6.07) is 9.65. The number of aromatic nitrogens is 3. The van der Waals surface area contributed by atoms with Crippen LogP contribution < -0.4 is 0 Å². The number of halogens is 4. The summed E-state index contributed by atoms with van der Waals surface area (Å²) >= 11 is 3.31. The molecule has 5 nitrogen and oxygen atoms in total. The van der Waals surface area contributed by atoms with Gasteiger partial charge in [0.1, 0.15) is 0 Å². The zero-order chi connectivity index (χ0) is 21.5. The highest BCUT2D eigenvalue weighted by Crippen LogP contribution is 2.35. The molecule has 0 N–H and O–H groups in total. The highest BCUT2D eigenvalue weighted by molar-refractivity contribution is 9.10. The van der Waals surface area contributed by atoms with Gasteiger partial charge in [-0.3, -0.25) is 4.79 Å². The number of likely N-dealkylation sites (tertiary alicyclic amines) is 1. The summed E-state index contributed by atoms with van der Waals surface area (Å²) in [4.78, 5) is 19.3. The number of carbonyl (C=O) groups excluding carboxylic acids is 1. The topological polar surface area (TPSA) is 50.5 Å². The number of carbonyl (C=O) groups is 1. The van der Waals surface area contributed by atoms with Crippen LogP contribution in [0.15, 0.2) is 40.9 Å². The third-order valence-corrected chi connectivity index (χ3v) is 6.18. The molecule has 1 atom stereocenters. The van der Waals surface area contributed by atoms with E-state index in [9.17, 15) is 18.0 Å². The van der Waals surface area contributed by atoms with Crippen LogP contribution in [0.4, 0.5) is 13.2 Å². The van der Waals surface area contributed by atoms with Crippen LogP contribution in [-0.4, -0.2) is 38.0 Å². The van der Waals surface area contributed by atoms with Crippen LogP contribution in [0.1, 0.15) is 48.8 Å². The van der Waals surface area contributed by atoms with Crippen molar-refractivity contribution in [3.8, 4) is 11.3 Å². The van der Waals surface area contributed by atoms with Crippen molar-refractivity contribution in [2.24, 2.45) is 0 Å². The molecule has 1 fully saturated rings. The Hall–Kier alpha value is -2.42. The molecular formula is C21H20BrF3N4O. The minimum Gasteiger partial charge on any atom is -0.334 e. The predicted molar refractivity (Wildman–Crippen MR) is 110 cm³/mol. The van der Waals surface area contributed by atoms with E-state index in [-0.39, 0.29) is 33.5 Å². The van der Waals surface area contributed by atoms with E-state index in [1.54, 1.807) is 35.2 Å². The second kappa shape index (κ2) is 8.02. The molecule has 4 rings (SSSR count). The molecule has 1 aliphatic rings. The van der Waals surface area contributed by atoms with Crippen molar-refractivity contribution in [1.29, 1.82) is 0 Å². The van der Waals surface area contributed by atoms with Crippen molar-refractivity contribution in [3.63, 3.8) is 0 Å². The van der Waals surface area contributed by atoms with Gasteiger partial charge in [-0.05, 0) is 47.7 Å². The van der Waals surface area contributed by atoms with E-state index >= 15 is 0 Å². The van der Waals surface area contributed by atoms with Crippen molar-refractivity contribution >= 4 is 27.5 Å². The van der Waals surface area contributed by atoms with Crippen molar-refractivity contribution in [2.45, 2.75) is 44.8 Å². The molecule has 0 saturated carbocycles. The summed E-state index contributed by atoms with van der Waals surface area (Å²) in [5.41, 5.74) is -0.333. The van der Waals surface area contributed by atoms with Crippen LogP contribution >= 0.6 is 15.9 Å². The summed E-state index contributed by atoms with van der Waals surface area (Å²) in [5, 5.41) is 4.05. The molecular weight excluding hydrogens is 461 g/mol. The maximum atomic E-state index is 13.8. The Morgan fingerprint density at radius 2 is 1.97 bits per heavy atom. The number of fused-ring (bicyclic) bond motifs is 1. The van der Waals surface area contributed by atoms with Crippen molar-refractivity contribution in [1.82, 2.24) is 19.5 Å². The fourth-order valence-corrected chi connectivity index (χ4v) is 4.42. The van der Waals surface area contributed by atoms with E-state index in [2.05, 4.69) is 26.0 Å². The molecule has 0 bridgehead atoms. The van der Waals surface area contributed by atoms with Gasteiger partial charge >= 0.3 is 6.18 Å². The third kappa shape index (κ3) is 3.71. The number of nitrogens with zero attached hydrogens (tertiary/aromatic N) is 4. The van der Waals surface area contributed by atoms with Gasteiger partial charge in [0, 0.05) is 18.2 Å². The van der Waals surface area contributed by atoms with E-state index < -0.39 is 11.9 Å². The van der Waals surface area contributed by atoms with Crippen LogP contribution in [0.3, 0.4) is 0 Å². The van der Waals surface area contributed by atoms with E-state index in [1.165, 1.54) is 0 Å². The van der Waals surface area contributed by atoms with Gasteiger partial charge in [0.2, 0.25) is 0 Å². The van der Waals surface area contributed by atoms with Crippen molar-refractivity contribution < 1.29 is 18.0 Å². The molecule has 0 aliphatic carbocycles. The monoisotopic (exact) mass is 480 g/mol. The molecule has 2 aromatic heterocycles. The summed E-state index contributed by atoms with van der Waals surface area (Å²) in [6.45, 7) is 2.58. The van der Waals surface area contributed by atoms with Crippen LogP contribution in [0, 0.1) is 0 Å². The molecule has 1 aliphatic heterocycles. The molecule has 3 aromatic rings. The van der Waals surface area contributed by atoms with E-state index in [0.29, 0.717) is 16.6 Å². The van der Waals surface area contributed by atoms with Crippen LogP contribution in [0.2, 0.25) is 0 Å². The van der Waals surface area contributed by atoms with Crippen LogP contribution in [-0.2, 0) is 6.18 Å². The summed E-state index contributed by atoms with van der Waals surface area (Å²) in [7, 11) is 0. The first-order valence-corrected chi connectivity index (χ1v) is 10.6. The van der Waals surface area contributed by atoms with E-state index in [0.717, 1.165) is 31.7 Å². The fraction of sp³-hybridized carbons (Fsp3) is 0.381. The Balaban J connectivity index is 1.87. The normalized spacial score (nSPS) is 17.5. The molecule has 1 aromatic carbocycles. The van der Waals surface area contributed by atoms with Crippen LogP contribution in [0.5, 0.6) is 0 Å². The third-order valence-electron chi connectivity index (χ3n) is 5.45. The van der Waals surface area contributed by atoms with Crippen molar-refractivity contribution in [2.75, 3.05) is 6.54 Å². The lowest BCUT2D eigenvalue weighted by Gasteiger charge is -2.34. The number of hydrogen-bond donors (Lipinski definition) is 0. The molecule has 9 heteroatoms. The Morgan fingerprint density at radius 1 is 1.23 bits per heavy atom. The molecule has 0 unspecified atom stereocenters. The van der Waals surface area contributed by atoms with Gasteiger partial charge in [-0.1, -0.05) is 37.3 Å². The standard InChI is InChI=1S/C21H20BrF3N4O/c1-2-14-10-6-7-11-28(14)20(30)18-17(22)19-26-15(13-8-4-3-5-9-13)12-16(21(23,24)25)29(19)27-18/h3-5,8-9,12,14H,2,6-7,10-11H2,1H3/t14-/m1/s1. The van der Waals surface area contributed by atoms with Crippen LogP contribution in [0.25, 0.3) is 16.9 Å². The number of piperidine rings is 1. The molecule has 1 amide bonds. The number of rotatable bonds is 3. The Bertz CT molecular complexity index is 1080. The van der Waals surface area contributed by atoms with E-state index in [1.807, 2.05) is 6.92 Å². The minimum absolute atomic E-state index is 0.0305. The molecule has 158 valence electrons. The first kappa shape index (κ1) is 20.8. The number of amides is 1. The second-order valence-electron chi connectivity index (χ2n) is 7.34. The van der Waals surface area contributed by atoms with Gasteiger partial charge in [-0.25, -0.2) is 9.50 Å². The number of hydrogen-bond acceptors (Lipinski definition) is 3. The smallest absolute Gasteiger partial charge is 0.334 e. The summed E-state index contributed by atoms with van der Waals surface area (Å²) in [6.07, 6.45) is -1.07. The molecule has 30 heavy (non-hydrogen) atoms. The quantitative estimate of drug-likeness (QED) is 0.491. The fourth-order valence-electron chi connectivity index (χ4n) is 3.92. The highest BCUT2D eigenvalue weighted by atomic mass is 79.9. The average Bonchev–Trinajstić information content (AvgIpc) is 3.09. The van der Waals surface area contributed by atoms with Gasteiger partial charge in [0.05, 0.1) is 10.2 Å². The van der Waals surface area contributed by atoms with Gasteiger partial charge in [0.15, 0.2) is 17.0 Å². The minimum atomic E-state index is -4.66. The number of benzene rings is 1. The molecule has 3 heterocycles. The van der Waals surface area contributed by atoms with Gasteiger partial charge in [-0.15, -0.1) is 0 Å². The summed E-state index contributed by atoms with van der Waals surface area (Å²) in [5.74, 6) is -0.367. The maximum absolute atomic E-state index is 13.8. The Labute approximate surface area is 180 Å². The second-order valence-corrected chi connectivity index (χ2v) is 8.14. The lowest BCUT2D eigenvalue weighted by atomic mass is 9.99. The lowest BCUT2D eigenvalue weighted by molar-refractivity contribution is -0.142. The highest BCUT2D eigenvalue weighted by Gasteiger charge is 2.37. The first-order chi connectivity index (χ1) is 14.3. The van der Waals surface area contributed by atoms with Gasteiger partial charge in [0.25, 0.3) is 5.91 Å². The maximum Gasteiger partial charge on any atom is 0.433 e. The van der Waals surface area contributed by atoms with E-state index in [4.69, 9.17) is 0 Å².